The third-order valence-corrected chi connectivity index (χ3v) is 5.07. The van der Waals surface area contributed by atoms with E-state index in [1.165, 1.54) is 0 Å². The molecule has 21 heavy (non-hydrogen) atoms. The first kappa shape index (κ1) is 17.8. The van der Waals surface area contributed by atoms with Crippen LogP contribution in [0.3, 0.4) is 0 Å². The Morgan fingerprint density at radius 1 is 1.19 bits per heavy atom. The van der Waals surface area contributed by atoms with Crippen molar-refractivity contribution >= 4 is 20.0 Å². The molecule has 6 nitrogen and oxygen atoms in total. The number of nitrogens with zero attached hydrogens (tertiary/aromatic N) is 1. The third-order valence-electron chi connectivity index (χ3n) is 2.32. The molecule has 0 atom stereocenters. The SMILES string of the molecule is CN(CC(F)(F)F)S(=O)(=O)c1ccc(S(N)(=O)=O)cc1F. The molecule has 0 amide bonds. The van der Waals surface area contributed by atoms with Gasteiger partial charge in [-0.1, -0.05) is 0 Å². The highest BCUT2D eigenvalue weighted by molar-refractivity contribution is 7.89. The molecule has 0 aliphatic carbocycles. The number of sulfonamides is 2. The average Bonchev–Trinajstić information content (AvgIpc) is 2.24. The number of benzene rings is 1. The summed E-state index contributed by atoms with van der Waals surface area (Å²) in [5.74, 6) is -1.52. The van der Waals surface area contributed by atoms with Crippen LogP contribution in [0, 0.1) is 5.82 Å². The van der Waals surface area contributed by atoms with Crippen LogP contribution in [0.2, 0.25) is 0 Å². The van der Waals surface area contributed by atoms with Crippen LogP contribution in [-0.2, 0) is 20.0 Å². The van der Waals surface area contributed by atoms with Crippen molar-refractivity contribution in [3.63, 3.8) is 0 Å². The molecule has 0 radical (unpaired) electrons. The second kappa shape index (κ2) is 5.51. The molecule has 12 heteroatoms. The Bertz CT molecular complexity index is 744. The molecule has 0 saturated heterocycles. The van der Waals surface area contributed by atoms with Gasteiger partial charge in [-0.25, -0.2) is 26.4 Å². The molecule has 0 saturated carbocycles. The number of hydrogen-bond acceptors (Lipinski definition) is 4. The van der Waals surface area contributed by atoms with E-state index in [4.69, 9.17) is 5.14 Å². The van der Waals surface area contributed by atoms with Gasteiger partial charge in [-0.05, 0) is 18.2 Å². The van der Waals surface area contributed by atoms with Gasteiger partial charge in [0.05, 0.1) is 4.90 Å². The first-order chi connectivity index (χ1) is 9.25. The van der Waals surface area contributed by atoms with Crippen LogP contribution in [0.1, 0.15) is 0 Å². The van der Waals surface area contributed by atoms with Crippen LogP contribution in [-0.4, -0.2) is 40.9 Å². The Labute approximate surface area is 118 Å². The van der Waals surface area contributed by atoms with Crippen molar-refractivity contribution in [2.45, 2.75) is 16.0 Å². The number of hydrogen-bond donors (Lipinski definition) is 1. The van der Waals surface area contributed by atoms with Gasteiger partial charge in [-0.2, -0.15) is 17.5 Å². The highest BCUT2D eigenvalue weighted by Gasteiger charge is 2.36. The zero-order valence-corrected chi connectivity index (χ0v) is 12.1. The molecule has 1 rings (SSSR count). The largest absolute Gasteiger partial charge is 0.402 e. The van der Waals surface area contributed by atoms with E-state index in [2.05, 4.69) is 0 Å². The maximum Gasteiger partial charge on any atom is 0.402 e. The summed E-state index contributed by atoms with van der Waals surface area (Å²) in [4.78, 5) is -1.78. The normalized spacial score (nSPS) is 13.7. The minimum absolute atomic E-state index is 0.0952. The standard InChI is InChI=1S/C9H10F4N2O4S2/c1-15(5-9(11,12)13)21(18,19)8-3-2-6(4-7(8)10)20(14,16)17/h2-4H,5H2,1H3,(H2,14,16,17). The first-order valence-electron chi connectivity index (χ1n) is 5.10. The predicted octanol–water partition coefficient (Wildman–Crippen LogP) is 0.656. The summed E-state index contributed by atoms with van der Waals surface area (Å²) in [7, 11) is -8.41. The number of rotatable bonds is 4. The van der Waals surface area contributed by atoms with E-state index >= 15 is 0 Å². The van der Waals surface area contributed by atoms with E-state index in [1.54, 1.807) is 0 Å². The van der Waals surface area contributed by atoms with Crippen LogP contribution in [0.25, 0.3) is 0 Å². The summed E-state index contributed by atoms with van der Waals surface area (Å²) < 4.78 is 95.6. The summed E-state index contributed by atoms with van der Waals surface area (Å²) in [5.41, 5.74) is 0. The molecule has 0 aliphatic rings. The van der Waals surface area contributed by atoms with Crippen molar-refractivity contribution in [1.82, 2.24) is 4.31 Å². The number of halogens is 4. The summed E-state index contributed by atoms with van der Waals surface area (Å²) in [6.45, 7) is -1.81. The molecule has 1 aromatic rings. The van der Waals surface area contributed by atoms with Gasteiger partial charge in [0, 0.05) is 7.05 Å². The van der Waals surface area contributed by atoms with Gasteiger partial charge in [-0.15, -0.1) is 0 Å². The summed E-state index contributed by atoms with van der Waals surface area (Å²) >= 11 is 0. The maximum atomic E-state index is 13.7. The van der Waals surface area contributed by atoms with Gasteiger partial charge in [0.1, 0.15) is 17.3 Å². The van der Waals surface area contributed by atoms with Gasteiger partial charge in [0.15, 0.2) is 0 Å². The lowest BCUT2D eigenvalue weighted by Gasteiger charge is -2.19. The Morgan fingerprint density at radius 2 is 1.71 bits per heavy atom. The second-order valence-corrected chi connectivity index (χ2v) is 7.59. The third kappa shape index (κ3) is 4.36. The van der Waals surface area contributed by atoms with Crippen LogP contribution >= 0.6 is 0 Å². The molecular formula is C9H10F4N2O4S2. The van der Waals surface area contributed by atoms with Crippen LogP contribution in [0.15, 0.2) is 28.0 Å². The molecule has 0 spiro atoms. The zero-order valence-electron chi connectivity index (χ0n) is 10.4. The predicted molar refractivity (Wildman–Crippen MR) is 63.6 cm³/mol. The molecule has 0 unspecified atom stereocenters. The fourth-order valence-corrected chi connectivity index (χ4v) is 3.10. The van der Waals surface area contributed by atoms with Gasteiger partial charge in [0.2, 0.25) is 20.0 Å². The molecule has 0 aromatic heterocycles. The number of alkyl halides is 3. The smallest absolute Gasteiger partial charge is 0.225 e. The van der Waals surface area contributed by atoms with Crippen molar-refractivity contribution < 1.29 is 34.4 Å². The van der Waals surface area contributed by atoms with Gasteiger partial charge in [0.25, 0.3) is 0 Å². The Hall–Kier alpha value is -1.24. The molecule has 0 fully saturated rings. The molecule has 1 aromatic carbocycles. The van der Waals surface area contributed by atoms with E-state index in [0.29, 0.717) is 25.2 Å². The highest BCUT2D eigenvalue weighted by Crippen LogP contribution is 2.24. The Kier molecular flexibility index (Phi) is 4.68. The molecule has 0 bridgehead atoms. The van der Waals surface area contributed by atoms with Crippen LogP contribution < -0.4 is 5.14 Å². The van der Waals surface area contributed by atoms with Crippen molar-refractivity contribution in [3.05, 3.63) is 24.0 Å². The summed E-state index contributed by atoms with van der Waals surface area (Å²) in [5, 5.41) is 4.72. The summed E-state index contributed by atoms with van der Waals surface area (Å²) in [6.07, 6.45) is -4.81. The lowest BCUT2D eigenvalue weighted by atomic mass is 10.3. The topological polar surface area (TPSA) is 97.5 Å². The fourth-order valence-electron chi connectivity index (χ4n) is 1.37. The first-order valence-corrected chi connectivity index (χ1v) is 8.09. The monoisotopic (exact) mass is 350 g/mol. The average molecular weight is 350 g/mol. The molecular weight excluding hydrogens is 340 g/mol. The van der Waals surface area contributed by atoms with Crippen molar-refractivity contribution in [2.75, 3.05) is 13.6 Å². The Morgan fingerprint density at radius 3 is 2.10 bits per heavy atom. The lowest BCUT2D eigenvalue weighted by Crippen LogP contribution is -2.36. The van der Waals surface area contributed by atoms with Gasteiger partial charge >= 0.3 is 6.18 Å². The van der Waals surface area contributed by atoms with E-state index in [-0.39, 0.29) is 4.31 Å². The van der Waals surface area contributed by atoms with Crippen molar-refractivity contribution in [1.29, 1.82) is 0 Å². The Balaban J connectivity index is 3.28. The minimum Gasteiger partial charge on any atom is -0.225 e. The molecule has 0 heterocycles. The van der Waals surface area contributed by atoms with Gasteiger partial charge < -0.3 is 0 Å². The quantitative estimate of drug-likeness (QED) is 0.807. The van der Waals surface area contributed by atoms with Crippen molar-refractivity contribution in [2.24, 2.45) is 5.14 Å². The van der Waals surface area contributed by atoms with E-state index in [9.17, 15) is 34.4 Å². The van der Waals surface area contributed by atoms with Crippen molar-refractivity contribution in [3.8, 4) is 0 Å². The van der Waals surface area contributed by atoms with E-state index < -0.39 is 48.4 Å². The van der Waals surface area contributed by atoms with E-state index in [1.807, 2.05) is 0 Å². The zero-order chi connectivity index (χ0) is 16.6. The maximum absolute atomic E-state index is 13.7. The summed E-state index contributed by atoms with van der Waals surface area (Å²) in [6, 6.07) is 1.55. The molecule has 0 aliphatic heterocycles. The number of nitrogens with two attached hydrogens (primary N) is 1. The van der Waals surface area contributed by atoms with E-state index in [0.717, 1.165) is 0 Å². The molecule has 120 valence electrons. The highest BCUT2D eigenvalue weighted by atomic mass is 32.2. The van der Waals surface area contributed by atoms with Gasteiger partial charge in [-0.3, -0.25) is 0 Å². The molecule has 2 N–H and O–H groups in total. The van der Waals surface area contributed by atoms with Crippen LogP contribution in [0.4, 0.5) is 17.6 Å². The lowest BCUT2D eigenvalue weighted by molar-refractivity contribution is -0.134. The second-order valence-electron chi connectivity index (χ2n) is 4.01. The fraction of sp³-hybridized carbons (Fsp3) is 0.333. The minimum atomic E-state index is -4.81. The number of primary sulfonamides is 1. The van der Waals surface area contributed by atoms with Crippen LogP contribution in [0.5, 0.6) is 0 Å².